The average Bonchev–Trinajstić information content (AvgIpc) is 2.53. The number of hydrogen-bond acceptors (Lipinski definition) is 2. The van der Waals surface area contributed by atoms with E-state index < -0.39 is 0 Å². The summed E-state index contributed by atoms with van der Waals surface area (Å²) in [6.07, 6.45) is 12.7. The van der Waals surface area contributed by atoms with Crippen molar-refractivity contribution in [2.75, 3.05) is 19.6 Å². The first kappa shape index (κ1) is 20.7. The van der Waals surface area contributed by atoms with Crippen LogP contribution in [0.15, 0.2) is 0 Å². The molecule has 0 saturated carbocycles. The zero-order valence-electron chi connectivity index (χ0n) is 16.3. The fourth-order valence-corrected chi connectivity index (χ4v) is 3.65. The van der Waals surface area contributed by atoms with E-state index in [1.165, 1.54) is 71.0 Å². The van der Waals surface area contributed by atoms with Gasteiger partial charge in [-0.15, -0.1) is 0 Å². The van der Waals surface area contributed by atoms with Crippen molar-refractivity contribution in [2.45, 2.75) is 91.9 Å². The fourth-order valence-electron chi connectivity index (χ4n) is 3.65. The van der Waals surface area contributed by atoms with Crippen molar-refractivity contribution in [2.24, 2.45) is 17.8 Å². The lowest BCUT2D eigenvalue weighted by Crippen LogP contribution is -2.35. The molecule has 0 spiro atoms. The van der Waals surface area contributed by atoms with E-state index in [9.17, 15) is 4.79 Å². The van der Waals surface area contributed by atoms with Crippen molar-refractivity contribution in [3.8, 4) is 0 Å². The van der Waals surface area contributed by atoms with Crippen LogP contribution < -0.4 is 0 Å². The van der Waals surface area contributed by atoms with E-state index in [4.69, 9.17) is 0 Å². The van der Waals surface area contributed by atoms with Gasteiger partial charge in [-0.1, -0.05) is 59.8 Å². The van der Waals surface area contributed by atoms with Crippen LogP contribution in [0, 0.1) is 17.8 Å². The Morgan fingerprint density at radius 2 is 1.39 bits per heavy atom. The third-order valence-electron chi connectivity index (χ3n) is 5.62. The molecule has 0 unspecified atom stereocenters. The predicted molar refractivity (Wildman–Crippen MR) is 101 cm³/mol. The lowest BCUT2D eigenvalue weighted by atomic mass is 9.87. The molecule has 0 bridgehead atoms. The average molecular weight is 324 g/mol. The molecule has 1 aliphatic heterocycles. The van der Waals surface area contributed by atoms with Crippen LogP contribution in [0.4, 0.5) is 0 Å². The van der Waals surface area contributed by atoms with Gasteiger partial charge in [0.15, 0.2) is 0 Å². The van der Waals surface area contributed by atoms with E-state index in [0.717, 1.165) is 24.7 Å². The monoisotopic (exact) mass is 323 g/mol. The van der Waals surface area contributed by atoms with Gasteiger partial charge < -0.3 is 4.90 Å². The van der Waals surface area contributed by atoms with Crippen LogP contribution in [-0.2, 0) is 4.79 Å². The van der Waals surface area contributed by atoms with Gasteiger partial charge >= 0.3 is 0 Å². The highest BCUT2D eigenvalue weighted by Crippen LogP contribution is 2.24. The number of carbonyl (C=O) groups excluding carboxylic acids is 1. The van der Waals surface area contributed by atoms with Gasteiger partial charge in [0.25, 0.3) is 0 Å². The zero-order chi connectivity index (χ0) is 17.1. The molecule has 1 saturated heterocycles. The zero-order valence-corrected chi connectivity index (χ0v) is 16.3. The first-order valence-corrected chi connectivity index (χ1v) is 10.3. The quantitative estimate of drug-likeness (QED) is 0.429. The molecule has 0 aromatic heterocycles. The summed E-state index contributed by atoms with van der Waals surface area (Å²) >= 11 is 0. The van der Waals surface area contributed by atoms with Crippen LogP contribution in [0.1, 0.15) is 91.9 Å². The van der Waals surface area contributed by atoms with Gasteiger partial charge in [-0.05, 0) is 57.2 Å². The van der Waals surface area contributed by atoms with Crippen LogP contribution in [0.5, 0.6) is 0 Å². The first-order valence-electron chi connectivity index (χ1n) is 10.3. The smallest absolute Gasteiger partial charge is 0.135 e. The second-order valence-electron chi connectivity index (χ2n) is 8.27. The maximum Gasteiger partial charge on any atom is 0.135 e. The van der Waals surface area contributed by atoms with Crippen molar-refractivity contribution >= 4 is 5.78 Å². The molecule has 0 amide bonds. The van der Waals surface area contributed by atoms with Gasteiger partial charge in [0.05, 0.1) is 0 Å². The van der Waals surface area contributed by atoms with E-state index in [1.54, 1.807) is 0 Å². The van der Waals surface area contributed by atoms with E-state index in [2.05, 4.69) is 18.7 Å². The van der Waals surface area contributed by atoms with Crippen LogP contribution in [0.2, 0.25) is 0 Å². The lowest BCUT2D eigenvalue weighted by molar-refractivity contribution is -0.122. The molecule has 1 heterocycles. The predicted octanol–water partition coefficient (Wildman–Crippen LogP) is 5.70. The summed E-state index contributed by atoms with van der Waals surface area (Å²) in [7, 11) is 0. The molecule has 136 valence electrons. The molecular weight excluding hydrogens is 282 g/mol. The Bertz CT molecular complexity index is 303. The van der Waals surface area contributed by atoms with Gasteiger partial charge in [-0.3, -0.25) is 4.79 Å². The SMILES string of the molecule is CC(C)C(=O)CCCCCCCCCN1CCC(C(C)C)CC1. The maximum atomic E-state index is 11.5. The summed E-state index contributed by atoms with van der Waals surface area (Å²) in [6, 6.07) is 0. The number of rotatable bonds is 12. The number of likely N-dealkylation sites (tertiary alicyclic amines) is 1. The molecule has 1 fully saturated rings. The number of unbranched alkanes of at least 4 members (excludes halogenated alkanes) is 6. The Morgan fingerprint density at radius 3 is 1.91 bits per heavy atom. The van der Waals surface area contributed by atoms with Crippen molar-refractivity contribution in [1.82, 2.24) is 4.90 Å². The normalized spacial score (nSPS) is 17.3. The number of ketones is 1. The number of carbonyl (C=O) groups is 1. The molecule has 0 atom stereocenters. The number of nitrogens with zero attached hydrogens (tertiary/aromatic N) is 1. The van der Waals surface area contributed by atoms with Crippen molar-refractivity contribution < 1.29 is 4.79 Å². The summed E-state index contributed by atoms with van der Waals surface area (Å²) in [4.78, 5) is 14.2. The van der Waals surface area contributed by atoms with Gasteiger partial charge in [-0.2, -0.15) is 0 Å². The van der Waals surface area contributed by atoms with E-state index >= 15 is 0 Å². The molecule has 0 aliphatic carbocycles. The molecule has 1 rings (SSSR count). The molecule has 0 N–H and O–H groups in total. The Labute approximate surface area is 145 Å². The van der Waals surface area contributed by atoms with Crippen molar-refractivity contribution in [3.05, 3.63) is 0 Å². The van der Waals surface area contributed by atoms with Crippen molar-refractivity contribution in [1.29, 1.82) is 0 Å². The number of piperidine rings is 1. The topological polar surface area (TPSA) is 20.3 Å². The highest BCUT2D eigenvalue weighted by molar-refractivity contribution is 5.80. The van der Waals surface area contributed by atoms with Gasteiger partial charge in [0, 0.05) is 12.3 Å². The van der Waals surface area contributed by atoms with Crippen LogP contribution in [0.25, 0.3) is 0 Å². The van der Waals surface area contributed by atoms with E-state index in [0.29, 0.717) is 5.78 Å². The third-order valence-corrected chi connectivity index (χ3v) is 5.62. The summed E-state index contributed by atoms with van der Waals surface area (Å²) in [5.41, 5.74) is 0. The standard InChI is InChI=1S/C21H41NO/c1-18(2)20-13-16-22(17-14-20)15-11-9-7-5-6-8-10-12-21(23)19(3)4/h18-20H,5-17H2,1-4H3. The highest BCUT2D eigenvalue weighted by Gasteiger charge is 2.20. The molecule has 2 nitrogen and oxygen atoms in total. The van der Waals surface area contributed by atoms with Crippen molar-refractivity contribution in [3.63, 3.8) is 0 Å². The Morgan fingerprint density at radius 1 is 0.870 bits per heavy atom. The Balaban J connectivity index is 1.86. The minimum absolute atomic E-state index is 0.223. The lowest BCUT2D eigenvalue weighted by Gasteiger charge is -2.33. The summed E-state index contributed by atoms with van der Waals surface area (Å²) in [6.45, 7) is 12.7. The summed E-state index contributed by atoms with van der Waals surface area (Å²) < 4.78 is 0. The molecule has 1 aliphatic rings. The third kappa shape index (κ3) is 9.49. The molecule has 0 aromatic carbocycles. The van der Waals surface area contributed by atoms with Gasteiger partial charge in [0.1, 0.15) is 5.78 Å². The summed E-state index contributed by atoms with van der Waals surface area (Å²) in [5.74, 6) is 2.49. The Hall–Kier alpha value is -0.370. The molecular formula is C21H41NO. The van der Waals surface area contributed by atoms with Crippen LogP contribution >= 0.6 is 0 Å². The fraction of sp³-hybridized carbons (Fsp3) is 0.952. The van der Waals surface area contributed by atoms with Crippen LogP contribution in [-0.4, -0.2) is 30.3 Å². The minimum Gasteiger partial charge on any atom is -0.303 e. The largest absolute Gasteiger partial charge is 0.303 e. The van der Waals surface area contributed by atoms with Crippen LogP contribution in [0.3, 0.4) is 0 Å². The second kappa shape index (κ2) is 12.1. The number of Topliss-reactive ketones (excluding diaryl/α,β-unsaturated/α-hetero) is 1. The van der Waals surface area contributed by atoms with Gasteiger partial charge in [0.2, 0.25) is 0 Å². The first-order chi connectivity index (χ1) is 11.0. The minimum atomic E-state index is 0.223. The maximum absolute atomic E-state index is 11.5. The number of hydrogen-bond donors (Lipinski definition) is 0. The highest BCUT2D eigenvalue weighted by atomic mass is 16.1. The molecule has 0 aromatic rings. The summed E-state index contributed by atoms with van der Waals surface area (Å²) in [5, 5.41) is 0. The molecule has 2 heteroatoms. The van der Waals surface area contributed by atoms with Gasteiger partial charge in [-0.25, -0.2) is 0 Å². The molecule has 0 radical (unpaired) electrons. The van der Waals surface area contributed by atoms with E-state index in [1.807, 2.05) is 13.8 Å². The second-order valence-corrected chi connectivity index (χ2v) is 8.27. The Kier molecular flexibility index (Phi) is 10.8. The molecule has 23 heavy (non-hydrogen) atoms. The van der Waals surface area contributed by atoms with E-state index in [-0.39, 0.29) is 5.92 Å².